The highest BCUT2D eigenvalue weighted by Gasteiger charge is 2.21. The maximum atomic E-state index is 13.2. The van der Waals surface area contributed by atoms with Crippen LogP contribution in [0, 0.1) is 5.82 Å². The van der Waals surface area contributed by atoms with Crippen molar-refractivity contribution in [2.24, 2.45) is 0 Å². The zero-order chi connectivity index (χ0) is 12.3. The third-order valence-corrected chi connectivity index (χ3v) is 2.89. The van der Waals surface area contributed by atoms with Crippen molar-refractivity contribution in [2.75, 3.05) is 26.7 Å². The first-order chi connectivity index (χ1) is 8.19. The van der Waals surface area contributed by atoms with E-state index < -0.39 is 0 Å². The molecule has 1 atom stereocenters. The Morgan fingerprint density at radius 1 is 1.53 bits per heavy atom. The number of piperazine rings is 1. The molecule has 17 heavy (non-hydrogen) atoms. The number of carbonyl (C=O) groups excluding carboxylic acids is 1. The van der Waals surface area contributed by atoms with E-state index in [0.29, 0.717) is 25.4 Å². The molecule has 5 heteroatoms. The van der Waals surface area contributed by atoms with E-state index in [-0.39, 0.29) is 11.7 Å². The highest BCUT2D eigenvalue weighted by molar-refractivity contribution is 5.77. The van der Waals surface area contributed by atoms with Crippen LogP contribution >= 0.6 is 0 Å². The van der Waals surface area contributed by atoms with Gasteiger partial charge in [-0.1, -0.05) is 0 Å². The third kappa shape index (κ3) is 2.94. The summed E-state index contributed by atoms with van der Waals surface area (Å²) in [6, 6.07) is 4.47. The largest absolute Gasteiger partial charge is 0.496 e. The minimum Gasteiger partial charge on any atom is -0.496 e. The van der Waals surface area contributed by atoms with E-state index in [2.05, 4.69) is 5.32 Å². The van der Waals surface area contributed by atoms with Crippen LogP contribution in [0.2, 0.25) is 0 Å². The SMILES string of the molecule is COc1ccc(F)cc1C[NH+]1CCNC(=O)C1. The van der Waals surface area contributed by atoms with Crippen molar-refractivity contribution >= 4 is 5.91 Å². The van der Waals surface area contributed by atoms with Gasteiger partial charge in [-0.3, -0.25) is 4.79 Å². The summed E-state index contributed by atoms with van der Waals surface area (Å²) in [4.78, 5) is 12.4. The van der Waals surface area contributed by atoms with Crippen LogP contribution in [0.4, 0.5) is 4.39 Å². The van der Waals surface area contributed by atoms with Gasteiger partial charge in [-0.15, -0.1) is 0 Å². The lowest BCUT2D eigenvalue weighted by Gasteiger charge is -2.24. The zero-order valence-corrected chi connectivity index (χ0v) is 9.75. The van der Waals surface area contributed by atoms with Crippen LogP contribution in [0.5, 0.6) is 5.75 Å². The van der Waals surface area contributed by atoms with Gasteiger partial charge in [-0.2, -0.15) is 0 Å². The summed E-state index contributed by atoms with van der Waals surface area (Å²) in [6.45, 7) is 2.56. The summed E-state index contributed by atoms with van der Waals surface area (Å²) >= 11 is 0. The Morgan fingerprint density at radius 2 is 2.35 bits per heavy atom. The summed E-state index contributed by atoms with van der Waals surface area (Å²) < 4.78 is 18.4. The maximum Gasteiger partial charge on any atom is 0.275 e. The van der Waals surface area contributed by atoms with E-state index in [0.717, 1.165) is 17.0 Å². The number of halogens is 1. The predicted molar refractivity (Wildman–Crippen MR) is 60.4 cm³/mol. The number of hydrogen-bond acceptors (Lipinski definition) is 2. The lowest BCUT2D eigenvalue weighted by Crippen LogP contribution is -3.14. The van der Waals surface area contributed by atoms with Crippen LogP contribution in [0.3, 0.4) is 0 Å². The number of nitrogens with one attached hydrogen (secondary N) is 2. The normalized spacial score (nSPS) is 19.9. The van der Waals surface area contributed by atoms with E-state index in [1.165, 1.54) is 12.1 Å². The smallest absolute Gasteiger partial charge is 0.275 e. The molecule has 92 valence electrons. The van der Waals surface area contributed by atoms with Gasteiger partial charge in [0.15, 0.2) is 6.54 Å². The molecule has 1 amide bonds. The Hall–Kier alpha value is -1.62. The molecule has 0 spiro atoms. The number of benzene rings is 1. The van der Waals surface area contributed by atoms with E-state index >= 15 is 0 Å². The molecule has 0 saturated carbocycles. The molecule has 0 radical (unpaired) electrons. The highest BCUT2D eigenvalue weighted by Crippen LogP contribution is 2.18. The summed E-state index contributed by atoms with van der Waals surface area (Å²) in [7, 11) is 1.56. The van der Waals surface area contributed by atoms with Gasteiger partial charge in [0.2, 0.25) is 0 Å². The van der Waals surface area contributed by atoms with E-state index in [1.54, 1.807) is 13.2 Å². The molecular formula is C12H16FN2O2+. The molecular weight excluding hydrogens is 223 g/mol. The number of quaternary nitrogens is 1. The molecule has 0 aromatic heterocycles. The topological polar surface area (TPSA) is 42.8 Å². The first-order valence-electron chi connectivity index (χ1n) is 5.61. The zero-order valence-electron chi connectivity index (χ0n) is 9.75. The second-order valence-electron chi connectivity index (χ2n) is 4.16. The number of rotatable bonds is 3. The molecule has 2 N–H and O–H groups in total. The molecule has 1 aliphatic rings. The summed E-state index contributed by atoms with van der Waals surface area (Å²) in [6.07, 6.45) is 0. The average molecular weight is 239 g/mol. The van der Waals surface area contributed by atoms with Gasteiger partial charge in [0, 0.05) is 0 Å². The Kier molecular flexibility index (Phi) is 3.58. The van der Waals surface area contributed by atoms with Crippen LogP contribution in [0.25, 0.3) is 0 Å². The van der Waals surface area contributed by atoms with Crippen LogP contribution in [0.1, 0.15) is 5.56 Å². The van der Waals surface area contributed by atoms with Crippen molar-refractivity contribution in [1.82, 2.24) is 5.32 Å². The van der Waals surface area contributed by atoms with Gasteiger partial charge in [0.25, 0.3) is 5.91 Å². The van der Waals surface area contributed by atoms with Gasteiger partial charge in [-0.25, -0.2) is 4.39 Å². The predicted octanol–water partition coefficient (Wildman–Crippen LogP) is -0.651. The molecule has 0 bridgehead atoms. The van der Waals surface area contributed by atoms with Crippen molar-refractivity contribution in [3.05, 3.63) is 29.6 Å². The Bertz CT molecular complexity index is 423. The molecule has 1 fully saturated rings. The summed E-state index contributed by atoms with van der Waals surface area (Å²) in [5.41, 5.74) is 0.803. The summed E-state index contributed by atoms with van der Waals surface area (Å²) in [5, 5.41) is 2.77. The molecule has 2 rings (SSSR count). The number of hydrogen-bond donors (Lipinski definition) is 2. The van der Waals surface area contributed by atoms with Crippen LogP contribution in [-0.2, 0) is 11.3 Å². The average Bonchev–Trinajstić information content (AvgIpc) is 2.29. The van der Waals surface area contributed by atoms with Crippen molar-refractivity contribution in [1.29, 1.82) is 0 Å². The molecule has 1 aromatic rings. The Labute approximate surface area is 99.4 Å². The molecule has 1 aliphatic heterocycles. The molecule has 1 saturated heterocycles. The first kappa shape index (κ1) is 11.9. The fourth-order valence-electron chi connectivity index (χ4n) is 2.06. The molecule has 0 aliphatic carbocycles. The van der Waals surface area contributed by atoms with Gasteiger partial charge < -0.3 is 15.0 Å². The second-order valence-corrected chi connectivity index (χ2v) is 4.16. The molecule has 1 unspecified atom stereocenters. The second kappa shape index (κ2) is 5.14. The number of ether oxygens (including phenoxy) is 1. The Morgan fingerprint density at radius 3 is 3.06 bits per heavy atom. The van der Waals surface area contributed by atoms with Crippen molar-refractivity contribution in [3.8, 4) is 5.75 Å². The first-order valence-corrected chi connectivity index (χ1v) is 5.61. The quantitative estimate of drug-likeness (QED) is 0.736. The van der Waals surface area contributed by atoms with Gasteiger partial charge >= 0.3 is 0 Å². The number of carbonyl (C=O) groups is 1. The van der Waals surface area contributed by atoms with Crippen molar-refractivity contribution in [2.45, 2.75) is 6.54 Å². The fourth-order valence-corrected chi connectivity index (χ4v) is 2.06. The monoisotopic (exact) mass is 239 g/mol. The highest BCUT2D eigenvalue weighted by atomic mass is 19.1. The van der Waals surface area contributed by atoms with Crippen LogP contribution < -0.4 is 15.0 Å². The van der Waals surface area contributed by atoms with Crippen LogP contribution in [0.15, 0.2) is 18.2 Å². The Balaban J connectivity index is 2.11. The lowest BCUT2D eigenvalue weighted by molar-refractivity contribution is -0.907. The number of amides is 1. The molecule has 4 nitrogen and oxygen atoms in total. The van der Waals surface area contributed by atoms with Crippen molar-refractivity contribution in [3.63, 3.8) is 0 Å². The van der Waals surface area contributed by atoms with Gasteiger partial charge in [0.1, 0.15) is 18.1 Å². The minimum atomic E-state index is -0.276. The standard InChI is InChI=1S/C12H15FN2O2/c1-17-11-3-2-10(13)6-9(11)7-15-5-4-14-12(16)8-15/h2-3,6H,4-5,7-8H2,1H3,(H,14,16)/p+1. The van der Waals surface area contributed by atoms with E-state index in [4.69, 9.17) is 4.74 Å². The minimum absolute atomic E-state index is 0.0432. The van der Waals surface area contributed by atoms with E-state index in [9.17, 15) is 9.18 Å². The summed E-state index contributed by atoms with van der Waals surface area (Å²) in [5.74, 6) is 0.438. The van der Waals surface area contributed by atoms with Crippen molar-refractivity contribution < 1.29 is 18.8 Å². The lowest BCUT2D eigenvalue weighted by atomic mass is 10.1. The maximum absolute atomic E-state index is 13.2. The van der Waals surface area contributed by atoms with E-state index in [1.807, 2.05) is 0 Å². The van der Waals surface area contributed by atoms with Gasteiger partial charge in [-0.05, 0) is 18.2 Å². The van der Waals surface area contributed by atoms with Gasteiger partial charge in [0.05, 0.1) is 25.8 Å². The third-order valence-electron chi connectivity index (χ3n) is 2.89. The van der Waals surface area contributed by atoms with Crippen LogP contribution in [-0.4, -0.2) is 32.7 Å². The fraction of sp³-hybridized carbons (Fsp3) is 0.417. The molecule has 1 aromatic carbocycles. The molecule has 1 heterocycles. The number of methoxy groups -OCH3 is 1.